The first-order valence-electron chi connectivity index (χ1n) is 7.65. The molecule has 9 heteroatoms. The van der Waals surface area contributed by atoms with E-state index in [1.165, 1.54) is 47.0 Å². The summed E-state index contributed by atoms with van der Waals surface area (Å²) in [6.07, 6.45) is 2.63. The maximum atomic E-state index is 12.4. The van der Waals surface area contributed by atoms with Crippen LogP contribution in [0.5, 0.6) is 11.5 Å². The number of aromatic hydroxyl groups is 2. The number of aromatic nitrogens is 1. The van der Waals surface area contributed by atoms with Gasteiger partial charge in [0.05, 0.1) is 6.21 Å². The van der Waals surface area contributed by atoms with Crippen molar-refractivity contribution in [3.05, 3.63) is 42.1 Å². The molecular weight excluding hydrogens is 344 g/mol. The molecule has 0 spiro atoms. The number of phenols is 2. The number of nitrogens with zero attached hydrogens (tertiary/aromatic N) is 3. The predicted molar refractivity (Wildman–Crippen MR) is 95.3 cm³/mol. The smallest absolute Gasteiger partial charge is 0.244 e. The van der Waals surface area contributed by atoms with E-state index in [1.54, 1.807) is 13.8 Å². The molecule has 1 heterocycles. The maximum absolute atomic E-state index is 12.4. The SMILES string of the molecule is CCN(CC)S(=O)(=O)c1ccc(N/N=C/c2ccc(O)cc2O)nc1. The molecule has 0 atom stereocenters. The summed E-state index contributed by atoms with van der Waals surface area (Å²) >= 11 is 0. The van der Waals surface area contributed by atoms with Gasteiger partial charge < -0.3 is 10.2 Å². The highest BCUT2D eigenvalue weighted by Crippen LogP contribution is 2.21. The summed E-state index contributed by atoms with van der Waals surface area (Å²) in [6.45, 7) is 4.33. The van der Waals surface area contributed by atoms with Crippen LogP contribution in [-0.2, 0) is 10.0 Å². The lowest BCUT2D eigenvalue weighted by atomic mass is 10.2. The molecule has 3 N–H and O–H groups in total. The van der Waals surface area contributed by atoms with Gasteiger partial charge in [-0.25, -0.2) is 13.4 Å². The number of rotatable bonds is 7. The fraction of sp³-hybridized carbons (Fsp3) is 0.250. The summed E-state index contributed by atoms with van der Waals surface area (Å²) in [5, 5.41) is 22.8. The number of pyridine rings is 1. The van der Waals surface area contributed by atoms with Crippen LogP contribution in [0.25, 0.3) is 0 Å². The number of sulfonamides is 1. The van der Waals surface area contributed by atoms with Crippen molar-refractivity contribution in [3.63, 3.8) is 0 Å². The van der Waals surface area contributed by atoms with Crippen LogP contribution in [0.3, 0.4) is 0 Å². The van der Waals surface area contributed by atoms with Gasteiger partial charge in [0.1, 0.15) is 22.2 Å². The first-order valence-corrected chi connectivity index (χ1v) is 9.09. The van der Waals surface area contributed by atoms with E-state index in [9.17, 15) is 18.6 Å². The highest BCUT2D eigenvalue weighted by Gasteiger charge is 2.21. The fourth-order valence-electron chi connectivity index (χ4n) is 2.12. The predicted octanol–water partition coefficient (Wildman–Crippen LogP) is 1.97. The van der Waals surface area contributed by atoms with Crippen LogP contribution in [0, 0.1) is 0 Å². The Morgan fingerprint density at radius 1 is 1.20 bits per heavy atom. The molecule has 0 aliphatic carbocycles. The maximum Gasteiger partial charge on any atom is 0.244 e. The molecule has 0 unspecified atom stereocenters. The van der Waals surface area contributed by atoms with Crippen molar-refractivity contribution < 1.29 is 18.6 Å². The Morgan fingerprint density at radius 2 is 1.92 bits per heavy atom. The Labute approximate surface area is 146 Å². The van der Waals surface area contributed by atoms with Crippen LogP contribution >= 0.6 is 0 Å². The van der Waals surface area contributed by atoms with Crippen molar-refractivity contribution in [2.75, 3.05) is 18.5 Å². The molecule has 0 radical (unpaired) electrons. The van der Waals surface area contributed by atoms with Crippen molar-refractivity contribution in [2.24, 2.45) is 5.10 Å². The topological polar surface area (TPSA) is 115 Å². The fourth-order valence-corrected chi connectivity index (χ4v) is 3.52. The quantitative estimate of drug-likeness (QED) is 0.511. The van der Waals surface area contributed by atoms with Crippen molar-refractivity contribution in [1.82, 2.24) is 9.29 Å². The third kappa shape index (κ3) is 4.46. The van der Waals surface area contributed by atoms with E-state index in [0.717, 1.165) is 0 Å². The molecular formula is C16H20N4O4S. The standard InChI is InChI=1S/C16H20N4O4S/c1-3-20(4-2)25(23,24)14-7-8-16(17-11-14)19-18-10-12-5-6-13(21)9-15(12)22/h5-11,21-22H,3-4H2,1-2H3,(H,17,19)/b18-10+. The van der Waals surface area contributed by atoms with Crippen molar-refractivity contribution in [1.29, 1.82) is 0 Å². The Morgan fingerprint density at radius 3 is 2.48 bits per heavy atom. The molecule has 2 rings (SSSR count). The van der Waals surface area contributed by atoms with Gasteiger partial charge in [-0.2, -0.15) is 9.41 Å². The third-order valence-corrected chi connectivity index (χ3v) is 5.51. The third-order valence-electron chi connectivity index (χ3n) is 3.48. The average molecular weight is 364 g/mol. The van der Waals surface area contributed by atoms with Crippen molar-refractivity contribution in [3.8, 4) is 11.5 Å². The first kappa shape index (κ1) is 18.7. The van der Waals surface area contributed by atoms with E-state index in [0.29, 0.717) is 24.5 Å². The summed E-state index contributed by atoms with van der Waals surface area (Å²) in [5.41, 5.74) is 3.06. The number of hydrogen-bond acceptors (Lipinski definition) is 7. The zero-order valence-electron chi connectivity index (χ0n) is 13.9. The average Bonchev–Trinajstić information content (AvgIpc) is 2.58. The first-order chi connectivity index (χ1) is 11.9. The largest absolute Gasteiger partial charge is 0.508 e. The van der Waals surface area contributed by atoms with E-state index in [4.69, 9.17) is 0 Å². The van der Waals surface area contributed by atoms with Crippen LogP contribution in [0.4, 0.5) is 5.82 Å². The highest BCUT2D eigenvalue weighted by atomic mass is 32.2. The Hall–Kier alpha value is -2.65. The second kappa shape index (κ2) is 7.95. The minimum atomic E-state index is -3.54. The number of hydrazone groups is 1. The number of hydrogen-bond donors (Lipinski definition) is 3. The molecule has 2 aromatic rings. The van der Waals surface area contributed by atoms with E-state index in [1.807, 2.05) is 0 Å². The van der Waals surface area contributed by atoms with E-state index >= 15 is 0 Å². The summed E-state index contributed by atoms with van der Waals surface area (Å²) in [4.78, 5) is 4.14. The number of phenolic OH excluding ortho intramolecular Hbond substituents is 2. The van der Waals surface area contributed by atoms with Crippen LogP contribution < -0.4 is 5.43 Å². The minimum Gasteiger partial charge on any atom is -0.508 e. The molecule has 134 valence electrons. The molecule has 0 aliphatic rings. The van der Waals surface area contributed by atoms with Crippen LogP contribution in [0.1, 0.15) is 19.4 Å². The highest BCUT2D eigenvalue weighted by molar-refractivity contribution is 7.89. The van der Waals surface area contributed by atoms with Gasteiger partial charge in [0.15, 0.2) is 0 Å². The van der Waals surface area contributed by atoms with Gasteiger partial charge in [-0.3, -0.25) is 5.43 Å². The lowest BCUT2D eigenvalue weighted by molar-refractivity contribution is 0.445. The molecule has 0 saturated carbocycles. The van der Waals surface area contributed by atoms with Gasteiger partial charge in [-0.15, -0.1) is 0 Å². The minimum absolute atomic E-state index is 0.0470. The zero-order chi connectivity index (χ0) is 18.4. The Kier molecular flexibility index (Phi) is 5.94. The van der Waals surface area contributed by atoms with Crippen molar-refractivity contribution >= 4 is 22.1 Å². The van der Waals surface area contributed by atoms with E-state index < -0.39 is 10.0 Å². The van der Waals surface area contributed by atoms with E-state index in [-0.39, 0.29) is 16.4 Å². The van der Waals surface area contributed by atoms with Gasteiger partial charge in [0.2, 0.25) is 10.0 Å². The second-order valence-corrected chi connectivity index (χ2v) is 7.02. The van der Waals surface area contributed by atoms with Gasteiger partial charge in [0.25, 0.3) is 0 Å². The molecule has 8 nitrogen and oxygen atoms in total. The second-order valence-electron chi connectivity index (χ2n) is 5.08. The summed E-state index contributed by atoms with van der Waals surface area (Å²) in [7, 11) is -3.54. The molecule has 0 saturated heterocycles. The summed E-state index contributed by atoms with van der Waals surface area (Å²) < 4.78 is 26.1. The van der Waals surface area contributed by atoms with Crippen molar-refractivity contribution in [2.45, 2.75) is 18.7 Å². The zero-order valence-corrected chi connectivity index (χ0v) is 14.7. The molecule has 0 bridgehead atoms. The van der Waals surface area contributed by atoms with Gasteiger partial charge in [0, 0.05) is 30.9 Å². The number of benzene rings is 1. The Balaban J connectivity index is 2.09. The van der Waals surface area contributed by atoms with E-state index in [2.05, 4.69) is 15.5 Å². The van der Waals surface area contributed by atoms with Gasteiger partial charge >= 0.3 is 0 Å². The molecule has 25 heavy (non-hydrogen) atoms. The normalized spacial score (nSPS) is 12.0. The summed E-state index contributed by atoms with van der Waals surface area (Å²) in [6, 6.07) is 7.09. The molecule has 0 fully saturated rings. The van der Waals surface area contributed by atoms with Gasteiger partial charge in [-0.05, 0) is 24.3 Å². The van der Waals surface area contributed by atoms with Crippen LogP contribution in [-0.4, -0.2) is 47.2 Å². The Bertz CT molecular complexity index is 847. The number of anilines is 1. The molecule has 0 amide bonds. The van der Waals surface area contributed by atoms with Crippen LogP contribution in [0.2, 0.25) is 0 Å². The lowest BCUT2D eigenvalue weighted by Gasteiger charge is -2.18. The number of nitrogens with one attached hydrogen (secondary N) is 1. The van der Waals surface area contributed by atoms with Gasteiger partial charge in [-0.1, -0.05) is 13.8 Å². The summed E-state index contributed by atoms with van der Waals surface area (Å²) in [5.74, 6) is 0.196. The molecule has 1 aromatic carbocycles. The molecule has 0 aliphatic heterocycles. The monoisotopic (exact) mass is 364 g/mol. The molecule has 1 aromatic heterocycles. The van der Waals surface area contributed by atoms with Crippen LogP contribution in [0.15, 0.2) is 46.5 Å². The lowest BCUT2D eigenvalue weighted by Crippen LogP contribution is -2.30.